The van der Waals surface area contributed by atoms with Crippen LogP contribution < -0.4 is 10.2 Å². The first kappa shape index (κ1) is 16.2. The van der Waals surface area contributed by atoms with Gasteiger partial charge in [0.1, 0.15) is 5.75 Å². The van der Waals surface area contributed by atoms with Crippen molar-refractivity contribution in [2.24, 2.45) is 5.10 Å². The van der Waals surface area contributed by atoms with Gasteiger partial charge in [-0.05, 0) is 41.1 Å². The number of hydrogen-bond acceptors (Lipinski definition) is 3. The fraction of sp³-hybridized carbons (Fsp3) is 0.0526. The fourth-order valence-corrected chi connectivity index (χ4v) is 2.67. The summed E-state index contributed by atoms with van der Waals surface area (Å²) in [6, 6.07) is 18.9. The average Bonchev–Trinajstić information content (AvgIpc) is 2.62. The zero-order valence-electron chi connectivity index (χ0n) is 13.0. The maximum atomic E-state index is 12.1. The predicted octanol–water partition coefficient (Wildman–Crippen LogP) is 4.37. The molecule has 0 spiro atoms. The van der Waals surface area contributed by atoms with Crippen LogP contribution >= 0.6 is 15.9 Å². The number of carbonyl (C=O) groups is 1. The molecule has 0 heterocycles. The lowest BCUT2D eigenvalue weighted by atomic mass is 10.0. The number of benzene rings is 3. The van der Waals surface area contributed by atoms with Gasteiger partial charge in [-0.15, -0.1) is 0 Å². The number of nitrogens with zero attached hydrogens (tertiary/aromatic N) is 1. The molecule has 0 atom stereocenters. The minimum absolute atomic E-state index is 0.266. The van der Waals surface area contributed by atoms with Crippen LogP contribution in [-0.2, 0) is 0 Å². The van der Waals surface area contributed by atoms with Crippen LogP contribution in [0.2, 0.25) is 0 Å². The molecule has 0 fully saturated rings. The van der Waals surface area contributed by atoms with Gasteiger partial charge in [-0.3, -0.25) is 4.79 Å². The zero-order chi connectivity index (χ0) is 16.9. The average molecular weight is 383 g/mol. The molecule has 3 aromatic carbocycles. The van der Waals surface area contributed by atoms with Gasteiger partial charge in [-0.1, -0.05) is 46.3 Å². The zero-order valence-corrected chi connectivity index (χ0v) is 14.6. The summed E-state index contributed by atoms with van der Waals surface area (Å²) >= 11 is 3.34. The maximum Gasteiger partial charge on any atom is 0.271 e. The van der Waals surface area contributed by atoms with E-state index in [1.165, 1.54) is 0 Å². The standard InChI is InChI=1S/C19H15BrN2O2/c1-24-18-11-8-13-4-2-3-5-16(13)17(18)12-21-22-19(23)14-6-9-15(20)10-7-14/h2-12H,1H3,(H,22,23). The number of hydrazone groups is 1. The Morgan fingerprint density at radius 1 is 1.08 bits per heavy atom. The first-order valence-electron chi connectivity index (χ1n) is 7.34. The summed E-state index contributed by atoms with van der Waals surface area (Å²) < 4.78 is 6.32. The van der Waals surface area contributed by atoms with Gasteiger partial charge in [-0.2, -0.15) is 5.10 Å². The van der Waals surface area contributed by atoms with E-state index in [0.29, 0.717) is 11.3 Å². The molecule has 0 aromatic heterocycles. The van der Waals surface area contributed by atoms with Crippen LogP contribution in [0.1, 0.15) is 15.9 Å². The van der Waals surface area contributed by atoms with Crippen molar-refractivity contribution in [2.75, 3.05) is 7.11 Å². The number of hydrogen-bond donors (Lipinski definition) is 1. The SMILES string of the molecule is COc1ccc2ccccc2c1C=NNC(=O)c1ccc(Br)cc1. The Morgan fingerprint density at radius 2 is 1.83 bits per heavy atom. The smallest absolute Gasteiger partial charge is 0.271 e. The van der Waals surface area contributed by atoms with E-state index < -0.39 is 0 Å². The predicted molar refractivity (Wildman–Crippen MR) is 99.7 cm³/mol. The summed E-state index contributed by atoms with van der Waals surface area (Å²) in [5.74, 6) is 0.438. The Bertz CT molecular complexity index is 905. The minimum Gasteiger partial charge on any atom is -0.496 e. The van der Waals surface area contributed by atoms with E-state index in [2.05, 4.69) is 26.5 Å². The third-order valence-corrected chi connectivity index (χ3v) is 4.15. The first-order chi connectivity index (χ1) is 11.7. The summed E-state index contributed by atoms with van der Waals surface area (Å²) in [7, 11) is 1.61. The van der Waals surface area contributed by atoms with Crippen LogP contribution in [0.25, 0.3) is 10.8 Å². The van der Waals surface area contributed by atoms with Crippen LogP contribution in [0.5, 0.6) is 5.75 Å². The summed E-state index contributed by atoms with van der Waals surface area (Å²) in [5.41, 5.74) is 3.91. The third kappa shape index (κ3) is 3.46. The third-order valence-electron chi connectivity index (χ3n) is 3.62. The monoisotopic (exact) mass is 382 g/mol. The Hall–Kier alpha value is -2.66. The number of rotatable bonds is 4. The van der Waals surface area contributed by atoms with Gasteiger partial charge in [0.25, 0.3) is 5.91 Å². The number of nitrogens with one attached hydrogen (secondary N) is 1. The molecule has 0 saturated carbocycles. The highest BCUT2D eigenvalue weighted by Crippen LogP contribution is 2.26. The normalized spacial score (nSPS) is 10.9. The van der Waals surface area contributed by atoms with Crippen molar-refractivity contribution in [3.63, 3.8) is 0 Å². The van der Waals surface area contributed by atoms with Gasteiger partial charge in [0, 0.05) is 15.6 Å². The second-order valence-electron chi connectivity index (χ2n) is 5.11. The van der Waals surface area contributed by atoms with Crippen molar-refractivity contribution in [1.29, 1.82) is 0 Å². The minimum atomic E-state index is -0.266. The fourth-order valence-electron chi connectivity index (χ4n) is 2.41. The van der Waals surface area contributed by atoms with Gasteiger partial charge >= 0.3 is 0 Å². The molecule has 24 heavy (non-hydrogen) atoms. The number of amides is 1. The van der Waals surface area contributed by atoms with Crippen LogP contribution in [-0.4, -0.2) is 19.2 Å². The quantitative estimate of drug-likeness (QED) is 0.537. The molecule has 0 radical (unpaired) electrons. The van der Waals surface area contributed by atoms with Gasteiger partial charge in [0.2, 0.25) is 0 Å². The lowest BCUT2D eigenvalue weighted by Crippen LogP contribution is -2.17. The number of halogens is 1. The van der Waals surface area contributed by atoms with Gasteiger partial charge in [0.05, 0.1) is 13.3 Å². The highest BCUT2D eigenvalue weighted by atomic mass is 79.9. The van der Waals surface area contributed by atoms with Crippen molar-refractivity contribution in [2.45, 2.75) is 0 Å². The van der Waals surface area contributed by atoms with Crippen LogP contribution in [0, 0.1) is 0 Å². The van der Waals surface area contributed by atoms with Crippen LogP contribution in [0.4, 0.5) is 0 Å². The Morgan fingerprint density at radius 3 is 2.58 bits per heavy atom. The first-order valence-corrected chi connectivity index (χ1v) is 8.13. The number of fused-ring (bicyclic) bond motifs is 1. The summed E-state index contributed by atoms with van der Waals surface area (Å²) in [6.07, 6.45) is 1.61. The van der Waals surface area contributed by atoms with Crippen molar-refractivity contribution in [3.05, 3.63) is 76.3 Å². The van der Waals surface area contributed by atoms with Crippen molar-refractivity contribution in [3.8, 4) is 5.75 Å². The molecule has 4 nitrogen and oxygen atoms in total. The van der Waals surface area contributed by atoms with Gasteiger partial charge in [-0.25, -0.2) is 5.43 Å². The topological polar surface area (TPSA) is 50.7 Å². The van der Waals surface area contributed by atoms with Crippen LogP contribution in [0.3, 0.4) is 0 Å². The van der Waals surface area contributed by atoms with E-state index >= 15 is 0 Å². The van der Waals surface area contributed by atoms with E-state index in [1.807, 2.05) is 48.5 Å². The van der Waals surface area contributed by atoms with E-state index in [4.69, 9.17) is 4.74 Å². The van der Waals surface area contributed by atoms with Gasteiger partial charge < -0.3 is 4.74 Å². The Kier molecular flexibility index (Phi) is 4.91. The Balaban J connectivity index is 1.85. The summed E-state index contributed by atoms with van der Waals surface area (Å²) in [5, 5.41) is 6.18. The van der Waals surface area contributed by atoms with Crippen molar-refractivity contribution < 1.29 is 9.53 Å². The molecule has 0 aliphatic carbocycles. The lowest BCUT2D eigenvalue weighted by molar-refractivity contribution is 0.0955. The van der Waals surface area contributed by atoms with E-state index in [9.17, 15) is 4.79 Å². The van der Waals surface area contributed by atoms with Crippen molar-refractivity contribution in [1.82, 2.24) is 5.43 Å². The second-order valence-corrected chi connectivity index (χ2v) is 6.02. The van der Waals surface area contributed by atoms with Crippen LogP contribution in [0.15, 0.2) is 70.2 Å². The number of ether oxygens (including phenoxy) is 1. The second kappa shape index (κ2) is 7.27. The molecule has 5 heteroatoms. The Labute approximate surface area is 148 Å². The molecular weight excluding hydrogens is 368 g/mol. The molecule has 3 rings (SSSR count). The lowest BCUT2D eigenvalue weighted by Gasteiger charge is -2.08. The molecule has 0 unspecified atom stereocenters. The molecule has 3 aromatic rings. The highest BCUT2D eigenvalue weighted by Gasteiger charge is 2.07. The summed E-state index contributed by atoms with van der Waals surface area (Å²) in [4.78, 5) is 12.1. The van der Waals surface area contributed by atoms with Gasteiger partial charge in [0.15, 0.2) is 0 Å². The maximum absolute atomic E-state index is 12.1. The molecular formula is C19H15BrN2O2. The molecule has 0 saturated heterocycles. The van der Waals surface area contributed by atoms with E-state index in [0.717, 1.165) is 20.8 Å². The number of methoxy groups -OCH3 is 1. The highest BCUT2D eigenvalue weighted by molar-refractivity contribution is 9.10. The molecule has 1 N–H and O–H groups in total. The summed E-state index contributed by atoms with van der Waals surface area (Å²) in [6.45, 7) is 0. The molecule has 0 bridgehead atoms. The van der Waals surface area contributed by atoms with E-state index in [-0.39, 0.29) is 5.91 Å². The molecule has 0 aliphatic heterocycles. The largest absolute Gasteiger partial charge is 0.496 e. The number of carbonyl (C=O) groups excluding carboxylic acids is 1. The molecule has 120 valence electrons. The molecule has 1 amide bonds. The van der Waals surface area contributed by atoms with E-state index in [1.54, 1.807) is 25.5 Å². The molecule has 0 aliphatic rings. The van der Waals surface area contributed by atoms with Crippen molar-refractivity contribution >= 4 is 38.8 Å².